The van der Waals surface area contributed by atoms with Crippen LogP contribution in [0.15, 0.2) is 16.3 Å². The van der Waals surface area contributed by atoms with Crippen molar-refractivity contribution in [3.05, 3.63) is 17.0 Å². The maximum atomic E-state index is 12.3. The fourth-order valence-electron chi connectivity index (χ4n) is 1.43. The number of nitrogens with zero attached hydrogens (tertiary/aromatic N) is 1. The van der Waals surface area contributed by atoms with E-state index < -0.39 is 10.0 Å². The van der Waals surface area contributed by atoms with Crippen LogP contribution in [-0.2, 0) is 16.6 Å². The standard InChI is InChI=1S/C11H19NO3S3/c1-9(6-7-16-3)12(2)18(14,15)11-5-4-10(8-13)17-11/h4-5,9,13H,6-8H2,1-3H3. The summed E-state index contributed by atoms with van der Waals surface area (Å²) in [7, 11) is -1.82. The summed E-state index contributed by atoms with van der Waals surface area (Å²) in [6.45, 7) is 1.79. The molecule has 1 unspecified atom stereocenters. The van der Waals surface area contributed by atoms with Gasteiger partial charge in [0.25, 0.3) is 10.0 Å². The first-order valence-electron chi connectivity index (χ1n) is 5.60. The average molecular weight is 309 g/mol. The first-order chi connectivity index (χ1) is 8.43. The molecule has 0 fully saturated rings. The minimum atomic E-state index is -3.43. The van der Waals surface area contributed by atoms with Gasteiger partial charge in [0, 0.05) is 18.0 Å². The van der Waals surface area contributed by atoms with Crippen molar-refractivity contribution in [1.29, 1.82) is 0 Å². The third kappa shape index (κ3) is 3.71. The molecule has 0 aliphatic rings. The van der Waals surface area contributed by atoms with Crippen LogP contribution >= 0.6 is 23.1 Å². The maximum Gasteiger partial charge on any atom is 0.252 e. The zero-order valence-electron chi connectivity index (χ0n) is 10.8. The van der Waals surface area contributed by atoms with Crippen LogP contribution in [0.3, 0.4) is 0 Å². The molecule has 1 aromatic heterocycles. The number of thioether (sulfide) groups is 1. The van der Waals surface area contributed by atoms with Gasteiger partial charge in [-0.1, -0.05) is 0 Å². The number of thiophene rings is 1. The first kappa shape index (κ1) is 16.0. The molecular weight excluding hydrogens is 290 g/mol. The van der Waals surface area contributed by atoms with Crippen molar-refractivity contribution in [3.63, 3.8) is 0 Å². The summed E-state index contributed by atoms with van der Waals surface area (Å²) in [6.07, 6.45) is 2.84. The smallest absolute Gasteiger partial charge is 0.252 e. The Bertz CT molecular complexity index is 470. The highest BCUT2D eigenvalue weighted by Crippen LogP contribution is 2.26. The monoisotopic (exact) mass is 309 g/mol. The van der Waals surface area contributed by atoms with Crippen molar-refractivity contribution in [2.75, 3.05) is 19.1 Å². The second-order valence-electron chi connectivity index (χ2n) is 4.03. The van der Waals surface area contributed by atoms with E-state index in [1.165, 1.54) is 4.31 Å². The number of rotatable bonds is 7. The van der Waals surface area contributed by atoms with Gasteiger partial charge >= 0.3 is 0 Å². The molecule has 1 heterocycles. The van der Waals surface area contributed by atoms with Crippen LogP contribution in [-0.4, -0.2) is 42.9 Å². The molecule has 4 nitrogen and oxygen atoms in total. The zero-order chi connectivity index (χ0) is 13.8. The third-order valence-electron chi connectivity index (χ3n) is 2.79. The molecule has 0 aliphatic heterocycles. The van der Waals surface area contributed by atoms with Gasteiger partial charge in [-0.2, -0.15) is 16.1 Å². The second-order valence-corrected chi connectivity index (χ2v) is 8.41. The maximum absolute atomic E-state index is 12.3. The summed E-state index contributed by atoms with van der Waals surface area (Å²) in [5.74, 6) is 0.938. The molecule has 0 spiro atoms. The summed E-state index contributed by atoms with van der Waals surface area (Å²) in [5, 5.41) is 8.98. The van der Waals surface area contributed by atoms with Crippen molar-refractivity contribution in [3.8, 4) is 0 Å². The third-order valence-corrected chi connectivity index (χ3v) is 6.94. The van der Waals surface area contributed by atoms with Crippen LogP contribution < -0.4 is 0 Å². The van der Waals surface area contributed by atoms with Crippen LogP contribution in [0.25, 0.3) is 0 Å². The van der Waals surface area contributed by atoms with E-state index in [1.807, 2.05) is 13.2 Å². The molecule has 0 aliphatic carbocycles. The van der Waals surface area contributed by atoms with Crippen molar-refractivity contribution >= 4 is 33.1 Å². The Morgan fingerprint density at radius 2 is 2.17 bits per heavy atom. The molecule has 0 bridgehead atoms. The van der Waals surface area contributed by atoms with Crippen LogP contribution in [0.2, 0.25) is 0 Å². The lowest BCUT2D eigenvalue weighted by Crippen LogP contribution is -2.35. The molecule has 0 saturated carbocycles. The normalized spacial score (nSPS) is 14.1. The van der Waals surface area contributed by atoms with Crippen LogP contribution in [0, 0.1) is 0 Å². The van der Waals surface area contributed by atoms with E-state index in [1.54, 1.807) is 30.9 Å². The molecule has 104 valence electrons. The highest BCUT2D eigenvalue weighted by Gasteiger charge is 2.26. The number of hydrogen-bond acceptors (Lipinski definition) is 5. The number of aliphatic hydroxyl groups excluding tert-OH is 1. The summed E-state index contributed by atoms with van der Waals surface area (Å²) in [5.41, 5.74) is 0. The highest BCUT2D eigenvalue weighted by atomic mass is 32.2. The van der Waals surface area contributed by atoms with Crippen LogP contribution in [0.5, 0.6) is 0 Å². The van der Waals surface area contributed by atoms with Gasteiger partial charge in [-0.15, -0.1) is 11.3 Å². The van der Waals surface area contributed by atoms with E-state index >= 15 is 0 Å². The molecule has 1 N–H and O–H groups in total. The van der Waals surface area contributed by atoms with Crippen molar-refractivity contribution in [2.45, 2.75) is 30.2 Å². The Morgan fingerprint density at radius 3 is 2.67 bits per heavy atom. The van der Waals surface area contributed by atoms with Gasteiger partial charge in [-0.3, -0.25) is 0 Å². The van der Waals surface area contributed by atoms with E-state index in [-0.39, 0.29) is 12.6 Å². The lowest BCUT2D eigenvalue weighted by atomic mass is 10.3. The molecule has 0 aromatic carbocycles. The Hall–Kier alpha value is -0.0800. The van der Waals surface area contributed by atoms with E-state index in [0.717, 1.165) is 23.5 Å². The topological polar surface area (TPSA) is 57.6 Å². The number of hydrogen-bond donors (Lipinski definition) is 1. The SMILES string of the molecule is CSCCC(C)N(C)S(=O)(=O)c1ccc(CO)s1. The Balaban J connectivity index is 2.85. The van der Waals surface area contributed by atoms with Gasteiger partial charge in [-0.05, 0) is 37.5 Å². The number of aliphatic hydroxyl groups is 1. The molecule has 18 heavy (non-hydrogen) atoms. The van der Waals surface area contributed by atoms with Gasteiger partial charge in [-0.25, -0.2) is 8.42 Å². The largest absolute Gasteiger partial charge is 0.391 e. The van der Waals surface area contributed by atoms with E-state index in [9.17, 15) is 8.42 Å². The predicted molar refractivity (Wildman–Crippen MR) is 77.7 cm³/mol. The minimum absolute atomic E-state index is 0.0258. The molecular formula is C11H19NO3S3. The molecule has 1 aromatic rings. The summed E-state index contributed by atoms with van der Waals surface area (Å²) in [4.78, 5) is 0.666. The zero-order valence-corrected chi connectivity index (χ0v) is 13.2. The second kappa shape index (κ2) is 6.91. The summed E-state index contributed by atoms with van der Waals surface area (Å²) < 4.78 is 26.3. The Labute approximate surface area is 117 Å². The van der Waals surface area contributed by atoms with Gasteiger partial charge in [0.2, 0.25) is 0 Å². The Morgan fingerprint density at radius 1 is 1.50 bits per heavy atom. The highest BCUT2D eigenvalue weighted by molar-refractivity contribution is 7.98. The van der Waals surface area contributed by atoms with Gasteiger partial charge in [0.1, 0.15) is 4.21 Å². The average Bonchev–Trinajstić information content (AvgIpc) is 2.84. The predicted octanol–water partition coefficient (Wildman–Crippen LogP) is 2.00. The molecule has 0 amide bonds. The van der Waals surface area contributed by atoms with Crippen LogP contribution in [0.4, 0.5) is 0 Å². The van der Waals surface area contributed by atoms with E-state index in [0.29, 0.717) is 9.09 Å². The minimum Gasteiger partial charge on any atom is -0.391 e. The molecule has 0 radical (unpaired) electrons. The van der Waals surface area contributed by atoms with E-state index in [2.05, 4.69) is 0 Å². The summed E-state index contributed by atoms with van der Waals surface area (Å²) >= 11 is 2.83. The lowest BCUT2D eigenvalue weighted by molar-refractivity contribution is 0.285. The van der Waals surface area contributed by atoms with Gasteiger partial charge in [0.15, 0.2) is 0 Å². The van der Waals surface area contributed by atoms with E-state index in [4.69, 9.17) is 5.11 Å². The summed E-state index contributed by atoms with van der Waals surface area (Å²) in [6, 6.07) is 3.18. The Kier molecular flexibility index (Phi) is 6.13. The molecule has 1 atom stereocenters. The van der Waals surface area contributed by atoms with Crippen molar-refractivity contribution in [1.82, 2.24) is 4.31 Å². The van der Waals surface area contributed by atoms with Gasteiger partial charge in [0.05, 0.1) is 6.61 Å². The van der Waals surface area contributed by atoms with Crippen molar-refractivity contribution in [2.24, 2.45) is 0 Å². The quantitative estimate of drug-likeness (QED) is 0.837. The molecule has 7 heteroatoms. The molecule has 0 saturated heterocycles. The fourth-order valence-corrected chi connectivity index (χ4v) is 4.80. The molecule has 1 rings (SSSR count). The van der Waals surface area contributed by atoms with Crippen LogP contribution in [0.1, 0.15) is 18.2 Å². The number of sulfonamides is 1. The first-order valence-corrected chi connectivity index (χ1v) is 9.25. The van der Waals surface area contributed by atoms with Gasteiger partial charge < -0.3 is 5.11 Å². The lowest BCUT2D eigenvalue weighted by Gasteiger charge is -2.23. The fraction of sp³-hybridized carbons (Fsp3) is 0.636. The van der Waals surface area contributed by atoms with Crippen molar-refractivity contribution < 1.29 is 13.5 Å².